The van der Waals surface area contributed by atoms with Gasteiger partial charge in [-0.1, -0.05) is 30.3 Å². The average Bonchev–Trinajstić information content (AvgIpc) is 2.37. The number of hydrogen-bond donors (Lipinski definition) is 2. The van der Waals surface area contributed by atoms with E-state index in [4.69, 9.17) is 9.84 Å². The van der Waals surface area contributed by atoms with Crippen LogP contribution in [0.1, 0.15) is 25.3 Å². The normalized spacial score (nSPS) is 14.5. The lowest BCUT2D eigenvalue weighted by Gasteiger charge is -2.14. The smallest absolute Gasteiger partial charge is 0.0779 e. The van der Waals surface area contributed by atoms with Crippen molar-refractivity contribution in [2.75, 3.05) is 13.2 Å². The van der Waals surface area contributed by atoms with Gasteiger partial charge in [0.15, 0.2) is 0 Å². The molecule has 3 nitrogen and oxygen atoms in total. The Morgan fingerprint density at radius 2 is 1.94 bits per heavy atom. The minimum Gasteiger partial charge on any atom is -0.394 e. The van der Waals surface area contributed by atoms with Crippen LogP contribution in [-0.4, -0.2) is 35.6 Å². The van der Waals surface area contributed by atoms with Gasteiger partial charge in [-0.15, -0.1) is 0 Å². The molecule has 0 aliphatic rings. The SMILES string of the molecule is CC(CO)OCC(O)CCCc1ccccc1. The molecule has 0 saturated heterocycles. The van der Waals surface area contributed by atoms with Crippen LogP contribution in [0.4, 0.5) is 0 Å². The first kappa shape index (κ1) is 14.2. The van der Waals surface area contributed by atoms with E-state index in [2.05, 4.69) is 12.1 Å². The molecule has 2 N–H and O–H groups in total. The summed E-state index contributed by atoms with van der Waals surface area (Å²) in [6.07, 6.45) is 2.02. The third-order valence-electron chi connectivity index (χ3n) is 2.68. The summed E-state index contributed by atoms with van der Waals surface area (Å²) in [5.74, 6) is 0. The van der Waals surface area contributed by atoms with Gasteiger partial charge < -0.3 is 14.9 Å². The van der Waals surface area contributed by atoms with Gasteiger partial charge in [-0.25, -0.2) is 0 Å². The molecule has 3 heteroatoms. The Morgan fingerprint density at radius 3 is 2.59 bits per heavy atom. The molecule has 0 heterocycles. The van der Waals surface area contributed by atoms with Crippen LogP contribution < -0.4 is 0 Å². The molecule has 0 radical (unpaired) electrons. The number of aliphatic hydroxyl groups excluding tert-OH is 2. The highest BCUT2D eigenvalue weighted by Gasteiger charge is 2.07. The van der Waals surface area contributed by atoms with Crippen LogP contribution in [0.2, 0.25) is 0 Å². The first-order valence-electron chi connectivity index (χ1n) is 6.17. The van der Waals surface area contributed by atoms with E-state index in [1.54, 1.807) is 6.92 Å². The van der Waals surface area contributed by atoms with Gasteiger partial charge in [-0.2, -0.15) is 0 Å². The number of ether oxygens (including phenoxy) is 1. The number of aliphatic hydroxyl groups is 2. The van der Waals surface area contributed by atoms with Crippen molar-refractivity contribution >= 4 is 0 Å². The Labute approximate surface area is 103 Å². The molecule has 1 aromatic carbocycles. The maximum absolute atomic E-state index is 9.66. The number of aryl methyl sites for hydroxylation is 1. The van der Waals surface area contributed by atoms with Crippen LogP contribution in [0.3, 0.4) is 0 Å². The summed E-state index contributed by atoms with van der Waals surface area (Å²) in [7, 11) is 0. The van der Waals surface area contributed by atoms with Crippen LogP contribution >= 0.6 is 0 Å². The molecule has 0 aliphatic heterocycles. The fourth-order valence-corrected chi connectivity index (χ4v) is 1.60. The molecule has 0 aliphatic carbocycles. The maximum atomic E-state index is 9.66. The van der Waals surface area contributed by atoms with E-state index in [1.807, 2.05) is 18.2 Å². The fraction of sp³-hybridized carbons (Fsp3) is 0.571. The fourth-order valence-electron chi connectivity index (χ4n) is 1.60. The first-order chi connectivity index (χ1) is 8.22. The molecule has 0 spiro atoms. The lowest BCUT2D eigenvalue weighted by atomic mass is 10.1. The quantitative estimate of drug-likeness (QED) is 0.725. The Morgan fingerprint density at radius 1 is 1.24 bits per heavy atom. The van der Waals surface area contributed by atoms with E-state index in [9.17, 15) is 5.11 Å². The minimum atomic E-state index is -0.437. The number of benzene rings is 1. The van der Waals surface area contributed by atoms with E-state index in [1.165, 1.54) is 5.56 Å². The van der Waals surface area contributed by atoms with Gasteiger partial charge in [-0.05, 0) is 31.7 Å². The van der Waals surface area contributed by atoms with Crippen LogP contribution in [-0.2, 0) is 11.2 Å². The monoisotopic (exact) mass is 238 g/mol. The van der Waals surface area contributed by atoms with Crippen molar-refractivity contribution in [3.05, 3.63) is 35.9 Å². The second kappa shape index (κ2) is 8.23. The first-order valence-corrected chi connectivity index (χ1v) is 6.17. The zero-order valence-electron chi connectivity index (χ0n) is 10.4. The molecule has 1 rings (SSSR count). The number of hydrogen-bond acceptors (Lipinski definition) is 3. The molecule has 0 fully saturated rings. The standard InChI is InChI=1S/C14H22O3/c1-12(10-15)17-11-14(16)9-5-8-13-6-3-2-4-7-13/h2-4,6-7,12,14-16H,5,8-11H2,1H3. The summed E-state index contributed by atoms with van der Waals surface area (Å²) in [6.45, 7) is 2.09. The minimum absolute atomic E-state index is 0.00324. The van der Waals surface area contributed by atoms with Crippen molar-refractivity contribution in [3.8, 4) is 0 Å². The van der Waals surface area contributed by atoms with Crippen molar-refractivity contribution in [1.29, 1.82) is 0 Å². The molecular weight excluding hydrogens is 216 g/mol. The Bertz CT molecular complexity index is 287. The van der Waals surface area contributed by atoms with Crippen LogP contribution in [0.15, 0.2) is 30.3 Å². The summed E-state index contributed by atoms with van der Waals surface area (Å²) in [6, 6.07) is 10.2. The molecule has 1 aromatic rings. The second-order valence-corrected chi connectivity index (χ2v) is 4.36. The molecule has 0 saturated carbocycles. The zero-order chi connectivity index (χ0) is 12.5. The van der Waals surface area contributed by atoms with E-state index < -0.39 is 6.10 Å². The highest BCUT2D eigenvalue weighted by atomic mass is 16.5. The van der Waals surface area contributed by atoms with Crippen molar-refractivity contribution in [3.63, 3.8) is 0 Å². The van der Waals surface area contributed by atoms with E-state index in [-0.39, 0.29) is 12.7 Å². The summed E-state index contributed by atoms with van der Waals surface area (Å²) >= 11 is 0. The molecular formula is C14H22O3. The topological polar surface area (TPSA) is 49.7 Å². The molecule has 17 heavy (non-hydrogen) atoms. The predicted octanol–water partition coefficient (Wildman–Crippen LogP) is 1.77. The third-order valence-corrected chi connectivity index (χ3v) is 2.68. The van der Waals surface area contributed by atoms with E-state index in [0.29, 0.717) is 6.61 Å². The van der Waals surface area contributed by atoms with E-state index in [0.717, 1.165) is 19.3 Å². The largest absolute Gasteiger partial charge is 0.394 e. The summed E-state index contributed by atoms with van der Waals surface area (Å²) < 4.78 is 5.26. The number of rotatable bonds is 8. The van der Waals surface area contributed by atoms with Crippen molar-refractivity contribution in [2.45, 2.75) is 38.4 Å². The van der Waals surface area contributed by atoms with E-state index >= 15 is 0 Å². The molecule has 0 bridgehead atoms. The van der Waals surface area contributed by atoms with Crippen LogP contribution in [0.5, 0.6) is 0 Å². The Hall–Kier alpha value is -0.900. The van der Waals surface area contributed by atoms with Gasteiger partial charge in [0, 0.05) is 0 Å². The van der Waals surface area contributed by atoms with Crippen molar-refractivity contribution < 1.29 is 14.9 Å². The summed E-state index contributed by atoms with van der Waals surface area (Å²) in [5, 5.41) is 18.4. The zero-order valence-corrected chi connectivity index (χ0v) is 10.4. The molecule has 2 unspecified atom stereocenters. The third kappa shape index (κ3) is 6.41. The second-order valence-electron chi connectivity index (χ2n) is 4.36. The van der Waals surface area contributed by atoms with Gasteiger partial charge in [0.25, 0.3) is 0 Å². The molecule has 0 amide bonds. The highest BCUT2D eigenvalue weighted by molar-refractivity contribution is 5.14. The predicted molar refractivity (Wildman–Crippen MR) is 67.9 cm³/mol. The average molecular weight is 238 g/mol. The summed E-state index contributed by atoms with van der Waals surface area (Å²) in [5.41, 5.74) is 1.30. The van der Waals surface area contributed by atoms with Gasteiger partial charge in [0.1, 0.15) is 0 Å². The van der Waals surface area contributed by atoms with Crippen molar-refractivity contribution in [1.82, 2.24) is 0 Å². The van der Waals surface area contributed by atoms with Gasteiger partial charge in [0.2, 0.25) is 0 Å². The van der Waals surface area contributed by atoms with Gasteiger partial charge >= 0.3 is 0 Å². The summed E-state index contributed by atoms with van der Waals surface area (Å²) in [4.78, 5) is 0. The molecule has 2 atom stereocenters. The van der Waals surface area contributed by atoms with Crippen LogP contribution in [0.25, 0.3) is 0 Å². The maximum Gasteiger partial charge on any atom is 0.0779 e. The lowest BCUT2D eigenvalue weighted by Crippen LogP contribution is -2.22. The molecule has 0 aromatic heterocycles. The lowest BCUT2D eigenvalue weighted by molar-refractivity contribution is -0.0257. The Kier molecular flexibility index (Phi) is 6.86. The molecule has 96 valence electrons. The Balaban J connectivity index is 2.10. The van der Waals surface area contributed by atoms with Gasteiger partial charge in [0.05, 0.1) is 25.4 Å². The van der Waals surface area contributed by atoms with Gasteiger partial charge in [-0.3, -0.25) is 0 Å². The van der Waals surface area contributed by atoms with Crippen LogP contribution in [0, 0.1) is 0 Å². The highest BCUT2D eigenvalue weighted by Crippen LogP contribution is 2.07. The van der Waals surface area contributed by atoms with Crippen molar-refractivity contribution in [2.24, 2.45) is 0 Å².